The standard InChI is InChI=1S/C9H7ClF3NO3/c1-16-7-5(4-15)2-6(3-10)14-8(7)17-9(11,12)13/h2,4H,3H2,1H3. The smallest absolute Gasteiger partial charge is 0.491 e. The van der Waals surface area contributed by atoms with Crippen molar-refractivity contribution in [2.45, 2.75) is 12.2 Å². The second-order valence-corrected chi connectivity index (χ2v) is 3.11. The number of rotatable bonds is 4. The second kappa shape index (κ2) is 5.22. The van der Waals surface area contributed by atoms with Crippen LogP contribution in [0.15, 0.2) is 6.07 Å². The van der Waals surface area contributed by atoms with Gasteiger partial charge in [0.2, 0.25) is 0 Å². The molecule has 17 heavy (non-hydrogen) atoms. The van der Waals surface area contributed by atoms with Gasteiger partial charge in [-0.1, -0.05) is 0 Å². The number of nitrogens with zero attached hydrogens (tertiary/aromatic N) is 1. The van der Waals surface area contributed by atoms with E-state index in [9.17, 15) is 18.0 Å². The maximum Gasteiger partial charge on any atom is 0.574 e. The Labute approximate surface area is 99.3 Å². The molecule has 0 saturated heterocycles. The molecule has 0 N–H and O–H groups in total. The van der Waals surface area contributed by atoms with Gasteiger partial charge in [0.05, 0.1) is 24.2 Å². The van der Waals surface area contributed by atoms with Gasteiger partial charge in [0.25, 0.3) is 5.88 Å². The Morgan fingerprint density at radius 1 is 1.53 bits per heavy atom. The number of carbonyl (C=O) groups excluding carboxylic acids is 1. The Bertz CT molecular complexity index is 423. The van der Waals surface area contributed by atoms with Crippen molar-refractivity contribution in [3.8, 4) is 11.6 Å². The molecule has 1 aromatic heterocycles. The summed E-state index contributed by atoms with van der Waals surface area (Å²) in [4.78, 5) is 14.2. The molecule has 8 heteroatoms. The van der Waals surface area contributed by atoms with E-state index < -0.39 is 12.2 Å². The highest BCUT2D eigenvalue weighted by atomic mass is 35.5. The average Bonchev–Trinajstić information content (AvgIpc) is 2.25. The number of hydrogen-bond acceptors (Lipinski definition) is 4. The van der Waals surface area contributed by atoms with Gasteiger partial charge < -0.3 is 9.47 Å². The molecule has 1 heterocycles. The van der Waals surface area contributed by atoms with E-state index in [1.54, 1.807) is 0 Å². The summed E-state index contributed by atoms with van der Waals surface area (Å²) in [5.41, 5.74) is -0.0359. The summed E-state index contributed by atoms with van der Waals surface area (Å²) in [5, 5.41) is 0. The zero-order valence-electron chi connectivity index (χ0n) is 8.55. The summed E-state index contributed by atoms with van der Waals surface area (Å²) in [6.07, 6.45) is -4.59. The number of hydrogen-bond donors (Lipinski definition) is 0. The Kier molecular flexibility index (Phi) is 4.17. The molecule has 0 unspecified atom stereocenters. The maximum absolute atomic E-state index is 12.1. The number of carbonyl (C=O) groups is 1. The number of alkyl halides is 4. The number of methoxy groups -OCH3 is 1. The van der Waals surface area contributed by atoms with Crippen LogP contribution in [0.1, 0.15) is 16.1 Å². The molecule has 94 valence electrons. The highest BCUT2D eigenvalue weighted by molar-refractivity contribution is 6.16. The van der Waals surface area contributed by atoms with E-state index in [4.69, 9.17) is 11.6 Å². The summed E-state index contributed by atoms with van der Waals surface area (Å²) in [7, 11) is 1.10. The van der Waals surface area contributed by atoms with E-state index in [1.165, 1.54) is 6.07 Å². The third kappa shape index (κ3) is 3.48. The van der Waals surface area contributed by atoms with Crippen LogP contribution in [0.2, 0.25) is 0 Å². The monoisotopic (exact) mass is 269 g/mol. The largest absolute Gasteiger partial charge is 0.574 e. The number of halogens is 4. The van der Waals surface area contributed by atoms with E-state index in [0.717, 1.165) is 7.11 Å². The molecule has 0 saturated carbocycles. The van der Waals surface area contributed by atoms with Gasteiger partial charge in [0.15, 0.2) is 12.0 Å². The van der Waals surface area contributed by atoms with Crippen LogP contribution in [0.5, 0.6) is 11.6 Å². The van der Waals surface area contributed by atoms with Crippen molar-refractivity contribution in [1.82, 2.24) is 4.98 Å². The molecule has 0 aliphatic rings. The molecule has 0 amide bonds. The summed E-state index contributed by atoms with van der Waals surface area (Å²) < 4.78 is 44.6. The quantitative estimate of drug-likeness (QED) is 0.622. The summed E-state index contributed by atoms with van der Waals surface area (Å²) >= 11 is 5.44. The van der Waals surface area contributed by atoms with E-state index in [-0.39, 0.29) is 22.9 Å². The molecule has 4 nitrogen and oxygen atoms in total. The lowest BCUT2D eigenvalue weighted by molar-refractivity contribution is -0.276. The van der Waals surface area contributed by atoms with Crippen LogP contribution in [-0.2, 0) is 5.88 Å². The van der Waals surface area contributed by atoms with Crippen LogP contribution in [0.3, 0.4) is 0 Å². The van der Waals surface area contributed by atoms with E-state index in [1.807, 2.05) is 0 Å². The van der Waals surface area contributed by atoms with Crippen LogP contribution in [0.25, 0.3) is 0 Å². The molecule has 0 radical (unpaired) electrons. The summed E-state index contributed by atoms with van der Waals surface area (Å²) in [6.45, 7) is 0. The van der Waals surface area contributed by atoms with E-state index in [2.05, 4.69) is 14.5 Å². The van der Waals surface area contributed by atoms with Crippen LogP contribution >= 0.6 is 11.6 Å². The fourth-order valence-corrected chi connectivity index (χ4v) is 1.26. The molecule has 1 aromatic rings. The van der Waals surface area contributed by atoms with Crippen LogP contribution < -0.4 is 9.47 Å². The molecule has 0 aliphatic heterocycles. The van der Waals surface area contributed by atoms with Gasteiger partial charge in [-0.15, -0.1) is 24.8 Å². The molecule has 0 atom stereocenters. The van der Waals surface area contributed by atoms with Crippen molar-refractivity contribution < 1.29 is 27.4 Å². The van der Waals surface area contributed by atoms with Gasteiger partial charge in [0, 0.05) is 0 Å². The van der Waals surface area contributed by atoms with Crippen molar-refractivity contribution in [2.24, 2.45) is 0 Å². The molecule has 0 spiro atoms. The fourth-order valence-electron chi connectivity index (χ4n) is 1.12. The summed E-state index contributed by atoms with van der Waals surface area (Å²) in [5.74, 6) is -1.37. The third-order valence-electron chi connectivity index (χ3n) is 1.70. The number of ether oxygens (including phenoxy) is 2. The van der Waals surface area contributed by atoms with E-state index >= 15 is 0 Å². The lowest BCUT2D eigenvalue weighted by Crippen LogP contribution is -2.19. The van der Waals surface area contributed by atoms with Crippen molar-refractivity contribution in [1.29, 1.82) is 0 Å². The lowest BCUT2D eigenvalue weighted by atomic mass is 10.2. The van der Waals surface area contributed by atoms with Gasteiger partial charge in [-0.2, -0.15) is 0 Å². The first-order chi connectivity index (χ1) is 7.91. The highest BCUT2D eigenvalue weighted by Gasteiger charge is 2.34. The molecule has 0 aliphatic carbocycles. The molecule has 1 rings (SSSR count). The van der Waals surface area contributed by atoms with Gasteiger partial charge in [-0.25, -0.2) is 4.98 Å². The third-order valence-corrected chi connectivity index (χ3v) is 1.98. The van der Waals surface area contributed by atoms with Gasteiger partial charge >= 0.3 is 6.36 Å². The number of pyridine rings is 1. The van der Waals surface area contributed by atoms with Crippen LogP contribution in [-0.4, -0.2) is 24.7 Å². The second-order valence-electron chi connectivity index (χ2n) is 2.84. The average molecular weight is 270 g/mol. The van der Waals surface area contributed by atoms with Crippen LogP contribution in [0, 0.1) is 0 Å². The lowest BCUT2D eigenvalue weighted by Gasteiger charge is -2.13. The predicted molar refractivity (Wildman–Crippen MR) is 52.4 cm³/mol. The highest BCUT2D eigenvalue weighted by Crippen LogP contribution is 2.33. The Balaban J connectivity index is 3.29. The molecule has 0 bridgehead atoms. The Morgan fingerprint density at radius 2 is 2.18 bits per heavy atom. The Hall–Kier alpha value is -1.50. The predicted octanol–water partition coefficient (Wildman–Crippen LogP) is 2.54. The number of aromatic nitrogens is 1. The maximum atomic E-state index is 12.1. The van der Waals surface area contributed by atoms with E-state index in [0.29, 0.717) is 6.29 Å². The van der Waals surface area contributed by atoms with Crippen molar-refractivity contribution in [3.05, 3.63) is 17.3 Å². The minimum Gasteiger partial charge on any atom is -0.491 e. The number of aldehydes is 1. The van der Waals surface area contributed by atoms with Gasteiger partial charge in [-0.05, 0) is 6.07 Å². The Morgan fingerprint density at radius 3 is 2.59 bits per heavy atom. The van der Waals surface area contributed by atoms with Gasteiger partial charge in [-0.3, -0.25) is 4.79 Å². The zero-order chi connectivity index (χ0) is 13.1. The van der Waals surface area contributed by atoms with Crippen molar-refractivity contribution in [2.75, 3.05) is 7.11 Å². The molecular formula is C9H7ClF3NO3. The summed E-state index contributed by atoms with van der Waals surface area (Å²) in [6, 6.07) is 1.22. The minimum absolute atomic E-state index is 0.0776. The molecular weight excluding hydrogens is 263 g/mol. The molecule has 0 fully saturated rings. The zero-order valence-corrected chi connectivity index (χ0v) is 9.30. The molecule has 0 aromatic carbocycles. The first-order valence-corrected chi connectivity index (χ1v) is 4.79. The first kappa shape index (κ1) is 13.6. The minimum atomic E-state index is -4.93. The van der Waals surface area contributed by atoms with Gasteiger partial charge in [0.1, 0.15) is 0 Å². The van der Waals surface area contributed by atoms with Crippen molar-refractivity contribution >= 4 is 17.9 Å². The van der Waals surface area contributed by atoms with Crippen molar-refractivity contribution in [3.63, 3.8) is 0 Å². The normalized spacial score (nSPS) is 11.1. The van der Waals surface area contributed by atoms with Crippen LogP contribution in [0.4, 0.5) is 13.2 Å². The first-order valence-electron chi connectivity index (χ1n) is 4.26. The topological polar surface area (TPSA) is 48.4 Å². The fraction of sp³-hybridized carbons (Fsp3) is 0.333. The SMILES string of the molecule is COc1c(C=O)cc(CCl)nc1OC(F)(F)F.